The van der Waals surface area contributed by atoms with Gasteiger partial charge in [0.2, 0.25) is 24.0 Å². The van der Waals surface area contributed by atoms with Gasteiger partial charge in [0.25, 0.3) is 0 Å². The molecule has 38 heavy (non-hydrogen) atoms. The highest BCUT2D eigenvalue weighted by molar-refractivity contribution is 6.28. The number of hydrogen-bond acceptors (Lipinski definition) is 6. The molecule has 0 aromatic carbocycles. The number of amides is 3. The zero-order valence-corrected chi connectivity index (χ0v) is 23.5. The molecule has 1 heterocycles. The van der Waals surface area contributed by atoms with Crippen molar-refractivity contribution in [2.75, 3.05) is 6.54 Å². The van der Waals surface area contributed by atoms with Crippen LogP contribution in [-0.4, -0.2) is 71.6 Å². The van der Waals surface area contributed by atoms with Gasteiger partial charge in [-0.1, -0.05) is 34.6 Å². The van der Waals surface area contributed by atoms with E-state index in [4.69, 9.17) is 4.74 Å². The lowest BCUT2D eigenvalue weighted by Gasteiger charge is -2.37. The molecule has 1 aliphatic carbocycles. The van der Waals surface area contributed by atoms with Gasteiger partial charge in [0.05, 0.1) is 6.04 Å². The smallest absolute Gasteiger partial charge is 0.408 e. The SMILES string of the molecule is CCC(C)(C)OC(=O)NC(C(=O)N1C[C@@H]2CC(C)C[C@@H]2C1C(=O)NC(CCC(F)F)C(=O)C=O)C(C)(C)C. The van der Waals surface area contributed by atoms with Crippen LogP contribution in [0.4, 0.5) is 13.6 Å². The molecule has 0 aromatic heterocycles. The molecular formula is C27H43F2N3O6. The fourth-order valence-electron chi connectivity index (χ4n) is 5.40. The summed E-state index contributed by atoms with van der Waals surface area (Å²) in [5, 5.41) is 5.17. The molecule has 4 unspecified atom stereocenters. The van der Waals surface area contributed by atoms with Gasteiger partial charge < -0.3 is 20.3 Å². The minimum absolute atomic E-state index is 0.0113. The van der Waals surface area contributed by atoms with Gasteiger partial charge in [0.1, 0.15) is 17.7 Å². The van der Waals surface area contributed by atoms with Crippen molar-refractivity contribution < 1.29 is 37.5 Å². The molecule has 0 spiro atoms. The van der Waals surface area contributed by atoms with Crippen molar-refractivity contribution in [1.29, 1.82) is 0 Å². The minimum atomic E-state index is -2.70. The number of ether oxygens (including phenoxy) is 1. The normalized spacial score (nSPS) is 24.9. The monoisotopic (exact) mass is 543 g/mol. The summed E-state index contributed by atoms with van der Waals surface area (Å²) in [6, 6.07) is -3.37. The largest absolute Gasteiger partial charge is 0.444 e. The van der Waals surface area contributed by atoms with E-state index in [2.05, 4.69) is 17.6 Å². The Kier molecular flexibility index (Phi) is 10.4. The molecule has 9 nitrogen and oxygen atoms in total. The molecule has 6 atom stereocenters. The second-order valence-electron chi connectivity index (χ2n) is 12.4. The predicted molar refractivity (Wildman–Crippen MR) is 136 cm³/mol. The molecule has 11 heteroatoms. The van der Waals surface area contributed by atoms with Gasteiger partial charge in [-0.2, -0.15) is 0 Å². The highest BCUT2D eigenvalue weighted by Gasteiger charge is 2.53. The third kappa shape index (κ3) is 7.96. The number of Topliss-reactive ketones (excluding diaryl/α,β-unsaturated/α-hetero) is 1. The quantitative estimate of drug-likeness (QED) is 0.304. The van der Waals surface area contributed by atoms with E-state index in [0.717, 1.165) is 6.42 Å². The first-order chi connectivity index (χ1) is 17.5. The highest BCUT2D eigenvalue weighted by Crippen LogP contribution is 2.45. The van der Waals surface area contributed by atoms with Crippen LogP contribution in [0, 0.1) is 23.2 Å². The topological polar surface area (TPSA) is 122 Å². The first kappa shape index (κ1) is 31.6. The summed E-state index contributed by atoms with van der Waals surface area (Å²) in [4.78, 5) is 64.8. The number of nitrogens with zero attached hydrogens (tertiary/aromatic N) is 1. The minimum Gasteiger partial charge on any atom is -0.444 e. The third-order valence-corrected chi connectivity index (χ3v) is 7.75. The Hall–Kier alpha value is -2.59. The summed E-state index contributed by atoms with van der Waals surface area (Å²) >= 11 is 0. The van der Waals surface area contributed by atoms with Gasteiger partial charge >= 0.3 is 6.09 Å². The Morgan fingerprint density at radius 2 is 1.68 bits per heavy atom. The first-order valence-electron chi connectivity index (χ1n) is 13.4. The van der Waals surface area contributed by atoms with Gasteiger partial charge in [-0.3, -0.25) is 19.2 Å². The Labute approximate surface area is 223 Å². The van der Waals surface area contributed by atoms with E-state index in [9.17, 15) is 32.8 Å². The zero-order chi connectivity index (χ0) is 29.0. The van der Waals surface area contributed by atoms with Crippen LogP contribution >= 0.6 is 0 Å². The van der Waals surface area contributed by atoms with Crippen LogP contribution in [0.2, 0.25) is 0 Å². The molecule has 216 valence electrons. The van der Waals surface area contributed by atoms with Gasteiger partial charge in [-0.15, -0.1) is 0 Å². The molecule has 2 N–H and O–H groups in total. The van der Waals surface area contributed by atoms with Crippen molar-refractivity contribution in [1.82, 2.24) is 15.5 Å². The molecule has 2 rings (SSSR count). The van der Waals surface area contributed by atoms with Crippen molar-refractivity contribution in [3.63, 3.8) is 0 Å². The van der Waals surface area contributed by atoms with E-state index in [-0.39, 0.29) is 18.1 Å². The third-order valence-electron chi connectivity index (χ3n) is 7.75. The first-order valence-corrected chi connectivity index (χ1v) is 13.4. The lowest BCUT2D eigenvalue weighted by Crippen LogP contribution is -2.60. The number of alkyl halides is 2. The summed E-state index contributed by atoms with van der Waals surface area (Å²) in [5.41, 5.74) is -1.47. The number of likely N-dealkylation sites (tertiary alicyclic amines) is 1. The summed E-state index contributed by atoms with van der Waals surface area (Å²) in [7, 11) is 0. The van der Waals surface area contributed by atoms with Crippen LogP contribution in [-0.2, 0) is 23.9 Å². The Morgan fingerprint density at radius 1 is 1.05 bits per heavy atom. The molecule has 0 bridgehead atoms. The lowest BCUT2D eigenvalue weighted by molar-refractivity contribution is -0.144. The number of carbonyl (C=O) groups is 5. The molecule has 0 aromatic rings. The van der Waals surface area contributed by atoms with Crippen LogP contribution in [0.15, 0.2) is 0 Å². The maximum absolute atomic E-state index is 13.9. The molecular weight excluding hydrogens is 500 g/mol. The van der Waals surface area contributed by atoms with E-state index in [1.165, 1.54) is 4.90 Å². The zero-order valence-electron chi connectivity index (χ0n) is 23.5. The molecule has 0 radical (unpaired) electrons. The maximum atomic E-state index is 13.9. The van der Waals surface area contributed by atoms with Crippen LogP contribution in [0.25, 0.3) is 0 Å². The second kappa shape index (κ2) is 12.5. The number of fused-ring (bicyclic) bond motifs is 1. The van der Waals surface area contributed by atoms with Crippen molar-refractivity contribution in [2.45, 2.75) is 111 Å². The number of aldehydes is 1. The average Bonchev–Trinajstić information content (AvgIpc) is 3.33. The van der Waals surface area contributed by atoms with Gasteiger partial charge in [-0.25, -0.2) is 13.6 Å². The number of halogens is 2. The standard InChI is InChI=1S/C27H43F2N3O6/c1-8-27(6,7)38-25(37)31-22(26(3,4)5)24(36)32-13-16-11-15(2)12-17(16)21(32)23(35)30-18(19(34)14-33)9-10-20(28)29/h14-18,20-22H,8-13H2,1-7H3,(H,30,35)(H,31,37)/t15?,16-,17-,18?,21?,22?/m0/s1. The summed E-state index contributed by atoms with van der Waals surface area (Å²) < 4.78 is 31.1. The number of alkyl carbamates (subject to hydrolysis) is 1. The summed E-state index contributed by atoms with van der Waals surface area (Å²) in [6.07, 6.45) is -2.44. The average molecular weight is 544 g/mol. The van der Waals surface area contributed by atoms with Crippen LogP contribution in [0.5, 0.6) is 0 Å². The number of hydrogen-bond donors (Lipinski definition) is 2. The number of ketones is 1. The van der Waals surface area contributed by atoms with Crippen LogP contribution in [0.3, 0.4) is 0 Å². The number of nitrogens with one attached hydrogen (secondary N) is 2. The van der Waals surface area contributed by atoms with Crippen LogP contribution < -0.4 is 10.6 Å². The summed E-state index contributed by atoms with van der Waals surface area (Å²) in [6.45, 7) is 13.1. The van der Waals surface area contributed by atoms with E-state index in [0.29, 0.717) is 25.3 Å². The number of rotatable bonds is 11. The van der Waals surface area contributed by atoms with Crippen molar-refractivity contribution >= 4 is 30.0 Å². The van der Waals surface area contributed by atoms with E-state index in [1.807, 2.05) is 6.92 Å². The van der Waals surface area contributed by atoms with Gasteiger partial charge in [0.15, 0.2) is 6.29 Å². The van der Waals surface area contributed by atoms with Crippen molar-refractivity contribution in [3.05, 3.63) is 0 Å². The van der Waals surface area contributed by atoms with Crippen molar-refractivity contribution in [2.24, 2.45) is 23.2 Å². The highest BCUT2D eigenvalue weighted by atomic mass is 19.3. The fourth-order valence-corrected chi connectivity index (χ4v) is 5.40. The Balaban J connectivity index is 2.33. The number of carbonyl (C=O) groups excluding carboxylic acids is 5. The van der Waals surface area contributed by atoms with E-state index >= 15 is 0 Å². The van der Waals surface area contributed by atoms with E-state index < -0.39 is 72.1 Å². The second-order valence-corrected chi connectivity index (χ2v) is 12.4. The Bertz CT molecular complexity index is 904. The summed E-state index contributed by atoms with van der Waals surface area (Å²) in [5.74, 6) is -1.94. The van der Waals surface area contributed by atoms with Gasteiger partial charge in [-0.05, 0) is 62.7 Å². The molecule has 1 saturated heterocycles. The molecule has 2 fully saturated rings. The lowest BCUT2D eigenvalue weighted by atomic mass is 9.85. The van der Waals surface area contributed by atoms with Crippen LogP contribution in [0.1, 0.15) is 80.6 Å². The fraction of sp³-hybridized carbons (Fsp3) is 0.815. The van der Waals surface area contributed by atoms with E-state index in [1.54, 1.807) is 34.6 Å². The predicted octanol–water partition coefficient (Wildman–Crippen LogP) is 3.49. The maximum Gasteiger partial charge on any atom is 0.408 e. The Morgan fingerprint density at radius 3 is 2.21 bits per heavy atom. The molecule has 1 saturated carbocycles. The molecule has 1 aliphatic heterocycles. The van der Waals surface area contributed by atoms with Crippen molar-refractivity contribution in [3.8, 4) is 0 Å². The molecule has 2 aliphatic rings. The molecule has 3 amide bonds. The van der Waals surface area contributed by atoms with Gasteiger partial charge in [0, 0.05) is 13.0 Å².